The molecule has 0 aliphatic carbocycles. The van der Waals surface area contributed by atoms with Crippen LogP contribution in [0, 0.1) is 0 Å². The number of carboxylic acids is 1. The minimum Gasteiger partial charge on any atom is -0.504 e. The lowest BCUT2D eigenvalue weighted by molar-refractivity contribution is -0.277. The normalized spacial score (nSPS) is 24.5. The molecule has 1 aliphatic rings. The summed E-state index contributed by atoms with van der Waals surface area (Å²) in [5.74, 6) is -3.89. The van der Waals surface area contributed by atoms with Gasteiger partial charge < -0.3 is 55.1 Å². The van der Waals surface area contributed by atoms with E-state index in [0.29, 0.717) is 5.56 Å². The number of phenolic OH excluding ortho intramolecular Hbond substituents is 3. The molecule has 13 heteroatoms. The van der Waals surface area contributed by atoms with Gasteiger partial charge in [-0.05, 0) is 41.5 Å². The molecule has 0 unspecified atom stereocenters. The Balaban J connectivity index is 1.63. The minimum atomic E-state index is -1.68. The molecule has 1 heterocycles. The fraction of sp³-hybridized carbons (Fsp3) is 0.333. The Hall–Kier alpha value is -3.88. The van der Waals surface area contributed by atoms with Gasteiger partial charge in [-0.15, -0.1) is 0 Å². The SMILES string of the molecule is O=C(/C=C/c1ccc(O[C@@H]2O[C@H](CO)[C@@H](O)[C@H](O)[C@H]2O)c(O)c1)O[C@H](Cc1ccc(O)c(O)c1)C(=O)O. The number of carbonyl (C=O) groups is 2. The predicted octanol–water partition coefficient (Wildman–Crippen LogP) is -0.766. The molecule has 0 radical (unpaired) electrons. The van der Waals surface area contributed by atoms with E-state index in [2.05, 4.69) is 0 Å². The number of rotatable bonds is 9. The number of esters is 1. The molecule has 8 N–H and O–H groups in total. The number of phenols is 3. The summed E-state index contributed by atoms with van der Waals surface area (Å²) in [7, 11) is 0. The van der Waals surface area contributed by atoms with Crippen LogP contribution in [-0.2, 0) is 25.5 Å². The van der Waals surface area contributed by atoms with Crippen LogP contribution in [0.2, 0.25) is 0 Å². The monoisotopic (exact) mass is 522 g/mol. The molecule has 2 aromatic rings. The van der Waals surface area contributed by atoms with E-state index in [0.717, 1.165) is 12.1 Å². The van der Waals surface area contributed by atoms with Crippen molar-refractivity contribution in [3.63, 3.8) is 0 Å². The zero-order chi connectivity index (χ0) is 27.3. The van der Waals surface area contributed by atoms with E-state index >= 15 is 0 Å². The topological polar surface area (TPSA) is 224 Å². The molecular weight excluding hydrogens is 496 g/mol. The molecule has 0 spiro atoms. The second-order valence-electron chi connectivity index (χ2n) is 8.17. The first kappa shape index (κ1) is 27.7. The number of ether oxygens (including phenoxy) is 3. The number of hydrogen-bond donors (Lipinski definition) is 8. The van der Waals surface area contributed by atoms with Crippen LogP contribution in [0.5, 0.6) is 23.0 Å². The fourth-order valence-electron chi connectivity index (χ4n) is 3.46. The highest BCUT2D eigenvalue weighted by Gasteiger charge is 2.44. The maximum atomic E-state index is 12.2. The number of benzene rings is 2. The number of aliphatic hydroxyl groups is 4. The van der Waals surface area contributed by atoms with Gasteiger partial charge >= 0.3 is 11.9 Å². The molecule has 1 aliphatic heterocycles. The van der Waals surface area contributed by atoms with E-state index < -0.39 is 66.9 Å². The Morgan fingerprint density at radius 1 is 0.946 bits per heavy atom. The zero-order valence-corrected chi connectivity index (χ0v) is 19.1. The summed E-state index contributed by atoms with van der Waals surface area (Å²) < 4.78 is 15.5. The largest absolute Gasteiger partial charge is 0.504 e. The summed E-state index contributed by atoms with van der Waals surface area (Å²) in [6, 6.07) is 7.52. The van der Waals surface area contributed by atoms with Gasteiger partial charge in [-0.25, -0.2) is 9.59 Å². The third kappa shape index (κ3) is 6.87. The van der Waals surface area contributed by atoms with Gasteiger partial charge in [0.05, 0.1) is 6.61 Å². The van der Waals surface area contributed by atoms with E-state index in [-0.39, 0.29) is 23.5 Å². The lowest BCUT2D eigenvalue weighted by Crippen LogP contribution is -2.60. The van der Waals surface area contributed by atoms with Crippen LogP contribution >= 0.6 is 0 Å². The molecule has 200 valence electrons. The molecule has 3 rings (SSSR count). The molecule has 1 fully saturated rings. The third-order valence-electron chi connectivity index (χ3n) is 5.48. The molecule has 6 atom stereocenters. The van der Waals surface area contributed by atoms with Crippen molar-refractivity contribution in [1.82, 2.24) is 0 Å². The Labute approximate surface area is 209 Å². The molecule has 0 bridgehead atoms. The van der Waals surface area contributed by atoms with Crippen LogP contribution in [0.25, 0.3) is 6.08 Å². The van der Waals surface area contributed by atoms with Crippen molar-refractivity contribution in [3.05, 3.63) is 53.6 Å². The molecular formula is C24H26O13. The second-order valence-corrected chi connectivity index (χ2v) is 8.17. The summed E-state index contributed by atoms with van der Waals surface area (Å²) in [6.45, 7) is -0.656. The Morgan fingerprint density at radius 3 is 2.30 bits per heavy atom. The number of carbonyl (C=O) groups excluding carboxylic acids is 1. The molecule has 13 nitrogen and oxygen atoms in total. The van der Waals surface area contributed by atoms with Crippen molar-refractivity contribution in [2.24, 2.45) is 0 Å². The van der Waals surface area contributed by atoms with Crippen molar-refractivity contribution >= 4 is 18.0 Å². The van der Waals surface area contributed by atoms with Crippen molar-refractivity contribution in [2.75, 3.05) is 6.61 Å². The number of hydrogen-bond acceptors (Lipinski definition) is 12. The Morgan fingerprint density at radius 2 is 1.68 bits per heavy atom. The van der Waals surface area contributed by atoms with Crippen molar-refractivity contribution in [1.29, 1.82) is 0 Å². The Bertz CT molecular complexity index is 1150. The van der Waals surface area contributed by atoms with Crippen molar-refractivity contribution in [2.45, 2.75) is 43.2 Å². The van der Waals surface area contributed by atoms with E-state index in [1.165, 1.54) is 36.4 Å². The summed E-state index contributed by atoms with van der Waals surface area (Å²) in [4.78, 5) is 23.6. The molecule has 0 aromatic heterocycles. The van der Waals surface area contributed by atoms with Crippen LogP contribution < -0.4 is 4.74 Å². The van der Waals surface area contributed by atoms with Crippen molar-refractivity contribution in [3.8, 4) is 23.0 Å². The molecule has 0 amide bonds. The van der Waals surface area contributed by atoms with Gasteiger partial charge in [0.1, 0.15) is 24.4 Å². The van der Waals surface area contributed by atoms with Gasteiger partial charge in [0.25, 0.3) is 0 Å². The number of aliphatic carboxylic acids is 1. The highest BCUT2D eigenvalue weighted by Crippen LogP contribution is 2.31. The molecule has 2 aromatic carbocycles. The smallest absolute Gasteiger partial charge is 0.345 e. The van der Waals surface area contributed by atoms with Gasteiger partial charge in [-0.1, -0.05) is 12.1 Å². The van der Waals surface area contributed by atoms with Gasteiger partial charge in [0.2, 0.25) is 12.4 Å². The first-order valence-corrected chi connectivity index (χ1v) is 10.9. The standard InChI is InChI=1S/C24H26O13/c25-10-18-20(30)21(31)22(32)24(37-18)36-16-5-2-11(7-15(16)28)3-6-19(29)35-17(23(33)34)9-12-1-4-13(26)14(27)8-12/h1-8,17-18,20-22,24-28,30-32H,9-10H2,(H,33,34)/b6-3+/t17-,18-,20-,21+,22-,24-/m1/s1. The van der Waals surface area contributed by atoms with Crippen molar-refractivity contribution < 1.29 is 64.7 Å². The highest BCUT2D eigenvalue weighted by molar-refractivity contribution is 5.89. The van der Waals surface area contributed by atoms with Crippen LogP contribution in [0.4, 0.5) is 0 Å². The molecule has 37 heavy (non-hydrogen) atoms. The van der Waals surface area contributed by atoms with E-state index in [1.54, 1.807) is 0 Å². The lowest BCUT2D eigenvalue weighted by Gasteiger charge is -2.39. The number of aromatic hydroxyl groups is 3. The first-order chi connectivity index (χ1) is 17.5. The second kappa shape index (κ2) is 11.9. The summed E-state index contributed by atoms with van der Waals surface area (Å²) >= 11 is 0. The van der Waals surface area contributed by atoms with Gasteiger partial charge in [-0.3, -0.25) is 0 Å². The number of carboxylic acid groups (broad SMARTS) is 1. The van der Waals surface area contributed by atoms with E-state index in [9.17, 15) is 50.4 Å². The third-order valence-corrected chi connectivity index (χ3v) is 5.48. The number of aliphatic hydroxyl groups excluding tert-OH is 4. The first-order valence-electron chi connectivity index (χ1n) is 10.9. The fourth-order valence-corrected chi connectivity index (χ4v) is 3.46. The summed E-state index contributed by atoms with van der Waals surface area (Å²) in [5.41, 5.74) is 0.588. The van der Waals surface area contributed by atoms with Crippen LogP contribution in [0.3, 0.4) is 0 Å². The average molecular weight is 522 g/mol. The summed E-state index contributed by atoms with van der Waals surface area (Å²) in [6.07, 6.45) is -7.33. The predicted molar refractivity (Wildman–Crippen MR) is 123 cm³/mol. The van der Waals surface area contributed by atoms with Gasteiger partial charge in [0, 0.05) is 12.5 Å². The quantitative estimate of drug-likeness (QED) is 0.115. The summed E-state index contributed by atoms with van der Waals surface area (Å²) in [5, 5.41) is 77.4. The highest BCUT2D eigenvalue weighted by atomic mass is 16.7. The zero-order valence-electron chi connectivity index (χ0n) is 19.1. The van der Waals surface area contributed by atoms with E-state index in [4.69, 9.17) is 14.2 Å². The van der Waals surface area contributed by atoms with Crippen LogP contribution in [0.1, 0.15) is 11.1 Å². The Kier molecular flexibility index (Phi) is 8.91. The maximum Gasteiger partial charge on any atom is 0.345 e. The van der Waals surface area contributed by atoms with Gasteiger partial charge in [-0.2, -0.15) is 0 Å². The van der Waals surface area contributed by atoms with E-state index in [1.807, 2.05) is 0 Å². The maximum absolute atomic E-state index is 12.2. The van der Waals surface area contributed by atoms with Crippen LogP contribution in [-0.4, -0.2) is 96.2 Å². The minimum absolute atomic E-state index is 0.174. The average Bonchev–Trinajstić information content (AvgIpc) is 2.86. The van der Waals surface area contributed by atoms with Crippen LogP contribution in [0.15, 0.2) is 42.5 Å². The van der Waals surface area contributed by atoms with Gasteiger partial charge in [0.15, 0.2) is 23.0 Å². The lowest BCUT2D eigenvalue weighted by atomic mass is 9.99. The molecule has 0 saturated carbocycles. The molecule has 1 saturated heterocycles.